The predicted octanol–water partition coefficient (Wildman–Crippen LogP) is 5.77. The molecular weight excluding hydrogens is 414 g/mol. The Hall–Kier alpha value is -4.38. The molecule has 0 aromatic heterocycles. The zero-order valence-corrected chi connectivity index (χ0v) is 17.9. The molecule has 0 saturated carbocycles. The summed E-state index contributed by atoms with van der Waals surface area (Å²) < 4.78 is 11.2. The number of carbonyl (C=O) groups is 2. The maximum absolute atomic E-state index is 12.3. The van der Waals surface area contributed by atoms with Crippen LogP contribution in [0.1, 0.15) is 31.8 Å². The summed E-state index contributed by atoms with van der Waals surface area (Å²) in [5, 5.41) is 2.90. The summed E-state index contributed by atoms with van der Waals surface area (Å²) in [5.41, 5.74) is 2.97. The molecule has 0 aliphatic rings. The van der Waals surface area contributed by atoms with Crippen molar-refractivity contribution in [1.29, 1.82) is 0 Å². The van der Waals surface area contributed by atoms with E-state index in [1.807, 2.05) is 60.7 Å². The number of hydrogen-bond acceptors (Lipinski definition) is 4. The van der Waals surface area contributed by atoms with Crippen LogP contribution in [0.5, 0.6) is 11.5 Å². The Morgan fingerprint density at radius 3 is 1.70 bits per heavy atom. The lowest BCUT2D eigenvalue weighted by Crippen LogP contribution is -2.22. The first-order valence-corrected chi connectivity index (χ1v) is 10.6. The first kappa shape index (κ1) is 21.8. The van der Waals surface area contributed by atoms with E-state index in [0.717, 1.165) is 11.1 Å². The second-order valence-electron chi connectivity index (χ2n) is 7.38. The number of nitrogens with one attached hydrogen (secondary N) is 1. The van der Waals surface area contributed by atoms with E-state index in [4.69, 9.17) is 9.47 Å². The van der Waals surface area contributed by atoms with Crippen LogP contribution in [0.15, 0.2) is 109 Å². The highest BCUT2D eigenvalue weighted by Crippen LogP contribution is 2.22. The summed E-state index contributed by atoms with van der Waals surface area (Å²) in [5.74, 6) is 0.630. The minimum Gasteiger partial charge on any atom is -0.457 e. The first-order valence-electron chi connectivity index (χ1n) is 10.6. The lowest BCUT2D eigenvalue weighted by molar-refractivity contribution is 0.0472. The lowest BCUT2D eigenvalue weighted by Gasteiger charge is -2.09. The average Bonchev–Trinajstić information content (AvgIpc) is 2.88. The van der Waals surface area contributed by atoms with Crippen molar-refractivity contribution in [2.45, 2.75) is 13.2 Å². The van der Waals surface area contributed by atoms with E-state index >= 15 is 0 Å². The molecule has 0 atom stereocenters. The van der Waals surface area contributed by atoms with Gasteiger partial charge in [0.2, 0.25) is 0 Å². The summed E-state index contributed by atoms with van der Waals surface area (Å²) in [6, 6.07) is 32.9. The topological polar surface area (TPSA) is 64.6 Å². The van der Waals surface area contributed by atoms with E-state index in [1.54, 1.807) is 48.5 Å². The SMILES string of the molecule is O=C(NCc1ccccc1)c1ccc(Oc2ccc(C(=O)OCc3ccccc3)cc2)cc1. The Balaban J connectivity index is 1.28. The number of hydrogen-bond donors (Lipinski definition) is 1. The van der Waals surface area contributed by atoms with Gasteiger partial charge in [0.1, 0.15) is 18.1 Å². The Morgan fingerprint density at radius 2 is 1.12 bits per heavy atom. The second-order valence-corrected chi connectivity index (χ2v) is 7.38. The Morgan fingerprint density at radius 1 is 0.606 bits per heavy atom. The molecule has 0 heterocycles. The number of rotatable bonds is 8. The fourth-order valence-electron chi connectivity index (χ4n) is 3.16. The number of benzene rings is 4. The van der Waals surface area contributed by atoms with Crippen LogP contribution in [-0.2, 0) is 17.9 Å². The summed E-state index contributed by atoms with van der Waals surface area (Å²) in [6.07, 6.45) is 0. The van der Waals surface area contributed by atoms with Gasteiger partial charge in [-0.1, -0.05) is 60.7 Å². The standard InChI is InChI=1S/C28H23NO4/c30-27(29-19-21-7-3-1-4-8-21)23-11-15-25(16-12-23)33-26-17-13-24(14-18-26)28(31)32-20-22-9-5-2-6-10-22/h1-18H,19-20H2,(H,29,30). The molecule has 0 unspecified atom stereocenters. The van der Waals surface area contributed by atoms with Crippen molar-refractivity contribution >= 4 is 11.9 Å². The van der Waals surface area contributed by atoms with Crippen LogP contribution in [0.25, 0.3) is 0 Å². The van der Waals surface area contributed by atoms with Crippen molar-refractivity contribution in [2.75, 3.05) is 0 Å². The molecule has 164 valence electrons. The zero-order chi connectivity index (χ0) is 22.9. The molecule has 4 aromatic rings. The van der Waals surface area contributed by atoms with Crippen molar-refractivity contribution in [2.24, 2.45) is 0 Å². The number of carbonyl (C=O) groups excluding carboxylic acids is 2. The molecule has 0 aliphatic heterocycles. The summed E-state index contributed by atoms with van der Waals surface area (Å²) >= 11 is 0. The molecule has 0 aliphatic carbocycles. The summed E-state index contributed by atoms with van der Waals surface area (Å²) in [4.78, 5) is 24.6. The van der Waals surface area contributed by atoms with Crippen LogP contribution in [0, 0.1) is 0 Å². The monoisotopic (exact) mass is 437 g/mol. The summed E-state index contributed by atoms with van der Waals surface area (Å²) in [6.45, 7) is 0.696. The zero-order valence-electron chi connectivity index (χ0n) is 17.9. The molecule has 0 saturated heterocycles. The smallest absolute Gasteiger partial charge is 0.338 e. The minimum absolute atomic E-state index is 0.149. The number of ether oxygens (including phenoxy) is 2. The van der Waals surface area contributed by atoms with E-state index in [1.165, 1.54) is 0 Å². The van der Waals surface area contributed by atoms with Crippen LogP contribution < -0.4 is 10.1 Å². The Bertz CT molecular complexity index is 1090. The Labute approximate surface area is 192 Å². The molecule has 0 radical (unpaired) electrons. The van der Waals surface area contributed by atoms with Gasteiger partial charge in [0.15, 0.2) is 0 Å². The molecule has 5 heteroatoms. The van der Waals surface area contributed by atoms with Gasteiger partial charge in [0, 0.05) is 12.1 Å². The normalized spacial score (nSPS) is 10.3. The quantitative estimate of drug-likeness (QED) is 0.356. The van der Waals surface area contributed by atoms with Crippen LogP contribution in [0.3, 0.4) is 0 Å². The molecule has 4 aromatic carbocycles. The highest BCUT2D eigenvalue weighted by atomic mass is 16.5. The van der Waals surface area contributed by atoms with Gasteiger partial charge in [-0.25, -0.2) is 4.79 Å². The van der Waals surface area contributed by atoms with E-state index in [2.05, 4.69) is 5.32 Å². The molecular formula is C28H23NO4. The third-order valence-electron chi connectivity index (χ3n) is 4.95. The van der Waals surface area contributed by atoms with E-state index in [-0.39, 0.29) is 12.5 Å². The molecule has 0 spiro atoms. The molecule has 33 heavy (non-hydrogen) atoms. The van der Waals surface area contributed by atoms with Crippen LogP contribution in [0.2, 0.25) is 0 Å². The third kappa shape index (κ3) is 6.31. The molecule has 5 nitrogen and oxygen atoms in total. The maximum Gasteiger partial charge on any atom is 0.338 e. The van der Waals surface area contributed by atoms with Crippen molar-refractivity contribution in [3.8, 4) is 11.5 Å². The average molecular weight is 437 g/mol. The van der Waals surface area contributed by atoms with Gasteiger partial charge < -0.3 is 14.8 Å². The van der Waals surface area contributed by atoms with Crippen LogP contribution in [-0.4, -0.2) is 11.9 Å². The maximum atomic E-state index is 12.3. The first-order chi connectivity index (χ1) is 16.2. The van der Waals surface area contributed by atoms with E-state index in [0.29, 0.717) is 29.2 Å². The third-order valence-corrected chi connectivity index (χ3v) is 4.95. The van der Waals surface area contributed by atoms with Crippen molar-refractivity contribution < 1.29 is 19.1 Å². The molecule has 0 fully saturated rings. The van der Waals surface area contributed by atoms with Crippen molar-refractivity contribution in [3.05, 3.63) is 131 Å². The van der Waals surface area contributed by atoms with E-state index < -0.39 is 5.97 Å². The number of amides is 1. The van der Waals surface area contributed by atoms with Crippen LogP contribution in [0.4, 0.5) is 0 Å². The highest BCUT2D eigenvalue weighted by Gasteiger charge is 2.09. The molecule has 1 amide bonds. The number of esters is 1. The Kier molecular flexibility index (Phi) is 7.13. The summed E-state index contributed by atoms with van der Waals surface area (Å²) in [7, 11) is 0. The highest BCUT2D eigenvalue weighted by molar-refractivity contribution is 5.94. The van der Waals surface area contributed by atoms with Crippen LogP contribution >= 0.6 is 0 Å². The van der Waals surface area contributed by atoms with Gasteiger partial charge in [-0.2, -0.15) is 0 Å². The lowest BCUT2D eigenvalue weighted by atomic mass is 10.2. The van der Waals surface area contributed by atoms with Gasteiger partial charge in [0.05, 0.1) is 5.56 Å². The predicted molar refractivity (Wildman–Crippen MR) is 126 cm³/mol. The molecule has 0 bridgehead atoms. The fourth-order valence-corrected chi connectivity index (χ4v) is 3.16. The molecule has 4 rings (SSSR count). The minimum atomic E-state index is -0.392. The van der Waals surface area contributed by atoms with E-state index in [9.17, 15) is 9.59 Å². The molecule has 1 N–H and O–H groups in total. The van der Waals surface area contributed by atoms with Crippen molar-refractivity contribution in [1.82, 2.24) is 5.32 Å². The fraction of sp³-hybridized carbons (Fsp3) is 0.0714. The van der Waals surface area contributed by atoms with Gasteiger partial charge >= 0.3 is 5.97 Å². The van der Waals surface area contributed by atoms with Gasteiger partial charge in [-0.05, 0) is 59.7 Å². The van der Waals surface area contributed by atoms with Crippen molar-refractivity contribution in [3.63, 3.8) is 0 Å². The van der Waals surface area contributed by atoms with Gasteiger partial charge in [0.25, 0.3) is 5.91 Å². The van der Waals surface area contributed by atoms with Gasteiger partial charge in [-0.3, -0.25) is 4.79 Å². The second kappa shape index (κ2) is 10.8. The largest absolute Gasteiger partial charge is 0.457 e. The van der Waals surface area contributed by atoms with Gasteiger partial charge in [-0.15, -0.1) is 0 Å².